The molecule has 0 bridgehead atoms. The smallest absolute Gasteiger partial charge is 0.263 e. The predicted octanol–water partition coefficient (Wildman–Crippen LogP) is 5.03. The van der Waals surface area contributed by atoms with Crippen molar-refractivity contribution in [1.29, 1.82) is 0 Å². The van der Waals surface area contributed by atoms with Gasteiger partial charge in [-0.15, -0.1) is 0 Å². The first-order valence-electron chi connectivity index (χ1n) is 9.20. The van der Waals surface area contributed by atoms with Crippen LogP contribution in [0.15, 0.2) is 42.7 Å². The minimum Gasteiger partial charge on any atom is -0.334 e. The van der Waals surface area contributed by atoms with Gasteiger partial charge in [0.1, 0.15) is 5.82 Å². The predicted molar refractivity (Wildman–Crippen MR) is 99.3 cm³/mol. The molecule has 3 nitrogen and oxygen atoms in total. The van der Waals surface area contributed by atoms with Crippen molar-refractivity contribution in [3.63, 3.8) is 0 Å². The first-order valence-corrected chi connectivity index (χ1v) is 9.20. The number of fused-ring (bicyclic) bond motifs is 1. The lowest BCUT2D eigenvalue weighted by atomic mass is 9.90. The first-order chi connectivity index (χ1) is 13.0. The molecule has 1 aliphatic rings. The Morgan fingerprint density at radius 1 is 1.19 bits per heavy atom. The zero-order valence-electron chi connectivity index (χ0n) is 15.2. The maximum Gasteiger partial charge on any atom is 0.263 e. The molecule has 1 saturated heterocycles. The fourth-order valence-corrected chi connectivity index (χ4v) is 4.02. The summed E-state index contributed by atoms with van der Waals surface area (Å²) < 4.78 is 41.6. The van der Waals surface area contributed by atoms with Gasteiger partial charge < -0.3 is 4.57 Å². The van der Waals surface area contributed by atoms with Crippen LogP contribution in [0.3, 0.4) is 0 Å². The highest BCUT2D eigenvalue weighted by Crippen LogP contribution is 2.30. The van der Waals surface area contributed by atoms with Crippen LogP contribution < -0.4 is 0 Å². The summed E-state index contributed by atoms with van der Waals surface area (Å²) in [7, 11) is 1.98. The third kappa shape index (κ3) is 3.86. The van der Waals surface area contributed by atoms with Crippen LogP contribution >= 0.6 is 0 Å². The summed E-state index contributed by atoms with van der Waals surface area (Å²) in [6.07, 6.45) is 1.28. The highest BCUT2D eigenvalue weighted by Gasteiger charge is 2.22. The average molecular weight is 373 g/mol. The normalized spacial score (nSPS) is 18.5. The Kier molecular flexibility index (Phi) is 4.91. The third-order valence-corrected chi connectivity index (χ3v) is 5.36. The summed E-state index contributed by atoms with van der Waals surface area (Å²) in [5.41, 5.74) is 3.71. The largest absolute Gasteiger partial charge is 0.334 e. The summed E-state index contributed by atoms with van der Waals surface area (Å²) in [6.45, 7) is 2.22. The zero-order valence-corrected chi connectivity index (χ0v) is 15.2. The molecule has 0 spiro atoms. The number of aryl methyl sites for hydroxylation is 1. The molecule has 4 rings (SSSR count). The van der Waals surface area contributed by atoms with Crippen LogP contribution in [0.4, 0.5) is 13.2 Å². The number of piperidine rings is 1. The monoisotopic (exact) mass is 373 g/mol. The number of hydrogen-bond donors (Lipinski definition) is 0. The Balaban J connectivity index is 1.51. The Bertz CT molecular complexity index is 951. The van der Waals surface area contributed by atoms with E-state index < -0.39 is 12.2 Å². The number of benzene rings is 2. The maximum absolute atomic E-state index is 13.7. The van der Waals surface area contributed by atoms with Gasteiger partial charge in [-0.2, -0.15) is 0 Å². The van der Waals surface area contributed by atoms with Crippen molar-refractivity contribution in [2.75, 3.05) is 13.1 Å². The van der Waals surface area contributed by atoms with E-state index in [0.29, 0.717) is 18.0 Å². The lowest BCUT2D eigenvalue weighted by Gasteiger charge is -2.33. The molecule has 0 unspecified atom stereocenters. The van der Waals surface area contributed by atoms with Gasteiger partial charge >= 0.3 is 0 Å². The van der Waals surface area contributed by atoms with Gasteiger partial charge in [-0.25, -0.2) is 18.2 Å². The molecular formula is C21H22F3N3. The molecule has 1 atom stereocenters. The van der Waals surface area contributed by atoms with Gasteiger partial charge in [-0.1, -0.05) is 6.07 Å². The zero-order chi connectivity index (χ0) is 19.0. The third-order valence-electron chi connectivity index (χ3n) is 5.36. The van der Waals surface area contributed by atoms with E-state index in [1.165, 1.54) is 17.7 Å². The summed E-state index contributed by atoms with van der Waals surface area (Å²) in [4.78, 5) is 6.59. The molecule has 0 amide bonds. The van der Waals surface area contributed by atoms with Gasteiger partial charge in [0.25, 0.3) is 6.43 Å². The molecule has 0 radical (unpaired) electrons. The van der Waals surface area contributed by atoms with Crippen molar-refractivity contribution in [1.82, 2.24) is 14.5 Å². The number of aromatic nitrogens is 2. The number of nitrogens with zero attached hydrogens (tertiary/aromatic N) is 3. The van der Waals surface area contributed by atoms with E-state index in [0.717, 1.165) is 43.0 Å². The summed E-state index contributed by atoms with van der Waals surface area (Å²) in [6, 6.07) is 10.0. The fraction of sp³-hybridized carbons (Fsp3) is 0.381. The van der Waals surface area contributed by atoms with Gasteiger partial charge in [0.05, 0.1) is 17.4 Å². The Morgan fingerprint density at radius 2 is 2.04 bits per heavy atom. The van der Waals surface area contributed by atoms with Crippen molar-refractivity contribution >= 4 is 11.0 Å². The minimum atomic E-state index is -2.65. The maximum atomic E-state index is 13.7. The molecule has 142 valence electrons. The summed E-state index contributed by atoms with van der Waals surface area (Å²) in [5, 5.41) is 0. The van der Waals surface area contributed by atoms with Gasteiger partial charge in [0.15, 0.2) is 0 Å². The van der Waals surface area contributed by atoms with Crippen molar-refractivity contribution < 1.29 is 13.2 Å². The lowest BCUT2D eigenvalue weighted by molar-refractivity contribution is 0.150. The van der Waals surface area contributed by atoms with Gasteiger partial charge in [0, 0.05) is 25.7 Å². The number of likely N-dealkylation sites (tertiary alicyclic amines) is 1. The molecule has 0 N–H and O–H groups in total. The molecule has 2 aromatic carbocycles. The van der Waals surface area contributed by atoms with Gasteiger partial charge in [-0.3, -0.25) is 4.90 Å². The van der Waals surface area contributed by atoms with Crippen LogP contribution in [0.5, 0.6) is 0 Å². The summed E-state index contributed by atoms with van der Waals surface area (Å²) >= 11 is 0. The molecule has 0 saturated carbocycles. The van der Waals surface area contributed by atoms with Crippen molar-refractivity contribution in [3.8, 4) is 0 Å². The molecule has 3 aromatic rings. The minimum absolute atomic E-state index is 0.250. The van der Waals surface area contributed by atoms with E-state index in [2.05, 4.69) is 22.0 Å². The first kappa shape index (κ1) is 18.0. The van der Waals surface area contributed by atoms with Gasteiger partial charge in [0.2, 0.25) is 0 Å². The van der Waals surface area contributed by atoms with E-state index in [1.807, 2.05) is 24.0 Å². The van der Waals surface area contributed by atoms with Crippen molar-refractivity contribution in [2.45, 2.75) is 31.7 Å². The molecule has 1 aliphatic heterocycles. The molecule has 0 aliphatic carbocycles. The topological polar surface area (TPSA) is 21.1 Å². The Hall–Kier alpha value is -2.34. The Labute approximate surface area is 156 Å². The van der Waals surface area contributed by atoms with E-state index >= 15 is 0 Å². The molecule has 1 aromatic heterocycles. The van der Waals surface area contributed by atoms with E-state index in [9.17, 15) is 13.2 Å². The molecule has 6 heteroatoms. The van der Waals surface area contributed by atoms with E-state index in [4.69, 9.17) is 0 Å². The second kappa shape index (κ2) is 7.35. The fourth-order valence-electron chi connectivity index (χ4n) is 4.02. The average Bonchev–Trinajstić information content (AvgIpc) is 3.02. The quantitative estimate of drug-likeness (QED) is 0.640. The summed E-state index contributed by atoms with van der Waals surface area (Å²) in [5.74, 6) is -0.223. The van der Waals surface area contributed by atoms with E-state index in [-0.39, 0.29) is 5.56 Å². The molecule has 27 heavy (non-hydrogen) atoms. The van der Waals surface area contributed by atoms with Crippen LogP contribution in [-0.4, -0.2) is 27.5 Å². The van der Waals surface area contributed by atoms with Crippen LogP contribution in [0.1, 0.15) is 41.9 Å². The van der Waals surface area contributed by atoms with Crippen molar-refractivity contribution in [2.24, 2.45) is 7.05 Å². The highest BCUT2D eigenvalue weighted by molar-refractivity contribution is 5.76. The van der Waals surface area contributed by atoms with Crippen LogP contribution in [-0.2, 0) is 13.6 Å². The van der Waals surface area contributed by atoms with Gasteiger partial charge in [-0.05, 0) is 66.8 Å². The van der Waals surface area contributed by atoms with Crippen LogP contribution in [0.25, 0.3) is 11.0 Å². The van der Waals surface area contributed by atoms with Crippen LogP contribution in [0, 0.1) is 5.82 Å². The number of rotatable bonds is 4. The number of halogens is 3. The number of alkyl halides is 2. The lowest BCUT2D eigenvalue weighted by Crippen LogP contribution is -2.34. The number of hydrogen-bond acceptors (Lipinski definition) is 2. The Morgan fingerprint density at radius 3 is 2.85 bits per heavy atom. The number of imidazole rings is 1. The molecular weight excluding hydrogens is 351 g/mol. The standard InChI is InChI=1S/C21H22F3N3/c1-26-13-25-19-5-4-15(10-20(19)26)16-3-2-6-27(12-16)11-14-7-17(21(23)24)9-18(22)8-14/h4-5,7-10,13,16,21H,2-3,6,11-12H2,1H3/t16-/m1/s1. The molecule has 1 fully saturated rings. The van der Waals surface area contributed by atoms with Crippen molar-refractivity contribution in [3.05, 3.63) is 65.2 Å². The highest BCUT2D eigenvalue weighted by atomic mass is 19.3. The SMILES string of the molecule is Cn1cnc2ccc([C@@H]3CCCN(Cc4cc(F)cc(C(F)F)c4)C3)cc21. The van der Waals surface area contributed by atoms with E-state index in [1.54, 1.807) is 0 Å². The van der Waals surface area contributed by atoms with Crippen LogP contribution in [0.2, 0.25) is 0 Å². The second-order valence-electron chi connectivity index (χ2n) is 7.37. The second-order valence-corrected chi connectivity index (χ2v) is 7.37. The molecule has 2 heterocycles.